The van der Waals surface area contributed by atoms with Crippen LogP contribution >= 0.6 is 0 Å². The van der Waals surface area contributed by atoms with Crippen molar-refractivity contribution in [3.05, 3.63) is 24.0 Å². The van der Waals surface area contributed by atoms with Crippen LogP contribution in [0.1, 0.15) is 13.8 Å². The molecule has 0 aliphatic carbocycles. The van der Waals surface area contributed by atoms with Crippen molar-refractivity contribution >= 4 is 31.7 Å². The lowest BCUT2D eigenvalue weighted by Crippen LogP contribution is -2.44. The Morgan fingerprint density at radius 1 is 1.22 bits per heavy atom. The Hall–Kier alpha value is -1.72. The molecule has 0 fully saturated rings. The first-order chi connectivity index (χ1) is 10.3. The predicted molar refractivity (Wildman–Crippen MR) is 81.4 cm³/mol. The third-order valence-corrected chi connectivity index (χ3v) is 4.79. The molecule has 0 amide bonds. The van der Waals surface area contributed by atoms with Crippen LogP contribution in [0.25, 0.3) is 0 Å². The highest BCUT2D eigenvalue weighted by Crippen LogP contribution is 2.20. The van der Waals surface area contributed by atoms with E-state index in [1.54, 1.807) is 0 Å². The molecule has 8 nitrogen and oxygen atoms in total. The third kappa shape index (κ3) is 5.44. The van der Waals surface area contributed by atoms with E-state index in [2.05, 4.69) is 0 Å². The maximum Gasteiger partial charge on any atom is 0.322 e. The summed E-state index contributed by atoms with van der Waals surface area (Å²) < 4.78 is 64.0. The van der Waals surface area contributed by atoms with Crippen LogP contribution in [0.15, 0.2) is 23.1 Å². The molecule has 0 aliphatic rings. The summed E-state index contributed by atoms with van der Waals surface area (Å²) in [6, 6.07) is 1.14. The molecule has 0 saturated heterocycles. The molecule has 0 spiro atoms. The monoisotopic (exact) mass is 368 g/mol. The number of nitrogens with one attached hydrogen (secondary N) is 2. The average molecular weight is 368 g/mol. The Labute approximate surface area is 133 Å². The number of aliphatic carboxylic acids is 1. The molecular formula is C12H17FN2O6S2. The highest BCUT2D eigenvalue weighted by molar-refractivity contribution is 7.92. The summed E-state index contributed by atoms with van der Waals surface area (Å²) in [7, 11) is -8.00. The van der Waals surface area contributed by atoms with Crippen LogP contribution in [0.3, 0.4) is 0 Å². The number of sulfonamides is 2. The molecule has 1 rings (SSSR count). The molecule has 130 valence electrons. The van der Waals surface area contributed by atoms with Crippen molar-refractivity contribution in [1.29, 1.82) is 0 Å². The minimum atomic E-state index is -4.28. The molecule has 3 N–H and O–H groups in total. The molecule has 0 radical (unpaired) electrons. The van der Waals surface area contributed by atoms with E-state index < -0.39 is 54.4 Å². The van der Waals surface area contributed by atoms with Crippen molar-refractivity contribution in [3.63, 3.8) is 0 Å². The maximum atomic E-state index is 13.8. The van der Waals surface area contributed by atoms with Crippen molar-refractivity contribution in [1.82, 2.24) is 4.72 Å². The minimum Gasteiger partial charge on any atom is -0.480 e. The summed E-state index contributed by atoms with van der Waals surface area (Å²) in [6.07, 6.45) is 0.818. The van der Waals surface area contributed by atoms with E-state index in [-0.39, 0.29) is 0 Å². The molecule has 0 saturated carbocycles. The fraction of sp³-hybridized carbons (Fsp3) is 0.417. The van der Waals surface area contributed by atoms with Crippen molar-refractivity contribution in [2.75, 3.05) is 11.0 Å². The van der Waals surface area contributed by atoms with Crippen LogP contribution in [0, 0.1) is 11.7 Å². The molecular weight excluding hydrogens is 351 g/mol. The van der Waals surface area contributed by atoms with Gasteiger partial charge in [-0.15, -0.1) is 0 Å². The molecule has 11 heteroatoms. The Bertz CT molecular complexity index is 805. The van der Waals surface area contributed by atoms with Gasteiger partial charge in [-0.25, -0.2) is 21.2 Å². The number of anilines is 1. The number of carboxylic acids is 1. The van der Waals surface area contributed by atoms with E-state index in [0.29, 0.717) is 6.07 Å². The summed E-state index contributed by atoms with van der Waals surface area (Å²) in [5.41, 5.74) is -0.412. The molecule has 23 heavy (non-hydrogen) atoms. The highest BCUT2D eigenvalue weighted by atomic mass is 32.2. The van der Waals surface area contributed by atoms with E-state index >= 15 is 0 Å². The van der Waals surface area contributed by atoms with Crippen LogP contribution in [0.5, 0.6) is 0 Å². The maximum absolute atomic E-state index is 13.8. The first kappa shape index (κ1) is 19.3. The number of carboxylic acid groups (broad SMARTS) is 1. The highest BCUT2D eigenvalue weighted by Gasteiger charge is 2.28. The average Bonchev–Trinajstić information content (AvgIpc) is 2.36. The lowest BCUT2D eigenvalue weighted by Gasteiger charge is -2.18. The van der Waals surface area contributed by atoms with Gasteiger partial charge in [-0.05, 0) is 24.1 Å². The van der Waals surface area contributed by atoms with Crippen LogP contribution in [-0.4, -0.2) is 40.2 Å². The molecule has 0 unspecified atom stereocenters. The third-order valence-electron chi connectivity index (χ3n) is 2.76. The topological polar surface area (TPSA) is 130 Å². The molecule has 1 aromatic rings. The SMILES string of the molecule is CC(C)[C@@H](NS(=O)(=O)c1ccc(NS(C)(=O)=O)c(F)c1)C(=O)O. The normalized spacial score (nSPS) is 13.8. The number of hydrogen-bond acceptors (Lipinski definition) is 5. The van der Waals surface area contributed by atoms with Crippen molar-refractivity contribution in [3.8, 4) is 0 Å². The standard InChI is InChI=1S/C12H17FN2O6S2/c1-7(2)11(12(16)17)15-23(20,21)8-4-5-10(9(13)6-8)14-22(3,18)19/h4-7,11,14-15H,1-3H3,(H,16,17)/t11-/m1/s1. The fourth-order valence-corrected chi connectivity index (χ4v) is 3.57. The number of rotatable bonds is 7. The molecule has 0 aromatic heterocycles. The summed E-state index contributed by atoms with van der Waals surface area (Å²) in [5, 5.41) is 9.00. The first-order valence-electron chi connectivity index (χ1n) is 6.36. The second kappa shape index (κ2) is 6.81. The summed E-state index contributed by atoms with van der Waals surface area (Å²) in [5.74, 6) is -2.99. The Morgan fingerprint density at radius 2 is 1.78 bits per heavy atom. The molecule has 0 heterocycles. The van der Waals surface area contributed by atoms with Gasteiger partial charge in [0.1, 0.15) is 11.9 Å². The number of benzene rings is 1. The Kier molecular flexibility index (Phi) is 5.72. The van der Waals surface area contributed by atoms with Crippen LogP contribution < -0.4 is 9.44 Å². The van der Waals surface area contributed by atoms with Crippen LogP contribution in [-0.2, 0) is 24.8 Å². The van der Waals surface area contributed by atoms with E-state index in [9.17, 15) is 26.0 Å². The second-order valence-electron chi connectivity index (χ2n) is 5.20. The molecule has 0 bridgehead atoms. The van der Waals surface area contributed by atoms with Gasteiger partial charge in [-0.2, -0.15) is 4.72 Å². The van der Waals surface area contributed by atoms with Gasteiger partial charge in [0.2, 0.25) is 20.0 Å². The zero-order chi connectivity index (χ0) is 18.0. The van der Waals surface area contributed by atoms with Crippen molar-refractivity contribution in [2.24, 2.45) is 5.92 Å². The van der Waals surface area contributed by atoms with E-state index in [1.807, 2.05) is 9.44 Å². The lowest BCUT2D eigenvalue weighted by molar-refractivity contribution is -0.140. The first-order valence-corrected chi connectivity index (χ1v) is 9.73. The zero-order valence-electron chi connectivity index (χ0n) is 12.6. The Balaban J connectivity index is 3.15. The number of halogens is 1. The largest absolute Gasteiger partial charge is 0.480 e. The van der Waals surface area contributed by atoms with Gasteiger partial charge in [0.05, 0.1) is 16.8 Å². The smallest absolute Gasteiger partial charge is 0.322 e. The minimum absolute atomic E-state index is 0.412. The zero-order valence-corrected chi connectivity index (χ0v) is 14.2. The van der Waals surface area contributed by atoms with Crippen molar-refractivity contribution in [2.45, 2.75) is 24.8 Å². The van der Waals surface area contributed by atoms with Gasteiger partial charge in [0.15, 0.2) is 0 Å². The van der Waals surface area contributed by atoms with Gasteiger partial charge in [0, 0.05) is 0 Å². The quantitative estimate of drug-likeness (QED) is 0.646. The van der Waals surface area contributed by atoms with Crippen molar-refractivity contribution < 1.29 is 31.1 Å². The summed E-state index contributed by atoms with van der Waals surface area (Å²) >= 11 is 0. The summed E-state index contributed by atoms with van der Waals surface area (Å²) in [4.78, 5) is 10.5. The van der Waals surface area contributed by atoms with Gasteiger partial charge in [-0.3, -0.25) is 9.52 Å². The van der Waals surface area contributed by atoms with Gasteiger partial charge < -0.3 is 5.11 Å². The van der Waals surface area contributed by atoms with E-state index in [4.69, 9.17) is 5.11 Å². The molecule has 0 aliphatic heterocycles. The van der Waals surface area contributed by atoms with E-state index in [0.717, 1.165) is 18.4 Å². The number of carbonyl (C=O) groups is 1. The Morgan fingerprint density at radius 3 is 2.17 bits per heavy atom. The van der Waals surface area contributed by atoms with Gasteiger partial charge >= 0.3 is 5.97 Å². The lowest BCUT2D eigenvalue weighted by atomic mass is 10.1. The molecule has 1 atom stereocenters. The van der Waals surface area contributed by atoms with Gasteiger partial charge in [0.25, 0.3) is 0 Å². The number of hydrogen-bond donors (Lipinski definition) is 3. The predicted octanol–water partition coefficient (Wildman–Crippen LogP) is 0.585. The van der Waals surface area contributed by atoms with Crippen LogP contribution in [0.2, 0.25) is 0 Å². The molecule has 1 aromatic carbocycles. The fourth-order valence-electron chi connectivity index (χ4n) is 1.65. The van der Waals surface area contributed by atoms with Crippen LogP contribution in [0.4, 0.5) is 10.1 Å². The summed E-state index contributed by atoms with van der Waals surface area (Å²) in [6.45, 7) is 3.03. The second-order valence-corrected chi connectivity index (χ2v) is 8.66. The van der Waals surface area contributed by atoms with Gasteiger partial charge in [-0.1, -0.05) is 13.8 Å². The van der Waals surface area contributed by atoms with E-state index in [1.165, 1.54) is 13.8 Å².